The number of hydrogen-bond acceptors (Lipinski definition) is 3. The maximum absolute atomic E-state index is 11.2. The molecule has 13 heavy (non-hydrogen) atoms. The maximum Gasteiger partial charge on any atom is 0.259 e. The lowest BCUT2D eigenvalue weighted by Gasteiger charge is -2.07. The summed E-state index contributed by atoms with van der Waals surface area (Å²) in [5.74, 6) is -0.692. The first-order valence-corrected chi connectivity index (χ1v) is 5.60. The van der Waals surface area contributed by atoms with Crippen LogP contribution >= 0.6 is 0 Å². The molecule has 0 aliphatic carbocycles. The molecule has 4 nitrogen and oxygen atoms in total. The molecule has 0 aromatic rings. The van der Waals surface area contributed by atoms with Crippen LogP contribution < -0.4 is 4.72 Å². The molecule has 0 aromatic heterocycles. The molecule has 0 saturated carbocycles. The number of sulfonamides is 1. The Morgan fingerprint density at radius 1 is 1.46 bits per heavy atom. The monoisotopic (exact) mass is 205 g/mol. The lowest BCUT2D eigenvalue weighted by Crippen LogP contribution is -2.34. The molecule has 76 valence electrons. The zero-order valence-corrected chi connectivity index (χ0v) is 8.94. The van der Waals surface area contributed by atoms with E-state index < -0.39 is 15.9 Å². The third-order valence-electron chi connectivity index (χ3n) is 1.19. The third-order valence-corrected chi connectivity index (χ3v) is 2.79. The summed E-state index contributed by atoms with van der Waals surface area (Å²) in [5.41, 5.74) is 0.187. The first-order chi connectivity index (χ1) is 5.74. The Morgan fingerprint density at radius 3 is 2.23 bits per heavy atom. The Bertz CT molecular complexity index is 303. The summed E-state index contributed by atoms with van der Waals surface area (Å²) in [5, 5.41) is 0. The molecule has 0 heterocycles. The lowest BCUT2D eigenvalue weighted by molar-refractivity contribution is -0.115. The van der Waals surface area contributed by atoms with Gasteiger partial charge in [-0.05, 0) is 12.8 Å². The fraction of sp³-hybridized carbons (Fsp3) is 0.625. The van der Waals surface area contributed by atoms with Gasteiger partial charge in [-0.25, -0.2) is 13.1 Å². The van der Waals surface area contributed by atoms with Crippen molar-refractivity contribution in [1.29, 1.82) is 0 Å². The van der Waals surface area contributed by atoms with Crippen molar-refractivity contribution in [2.45, 2.75) is 20.8 Å². The van der Waals surface area contributed by atoms with Crippen molar-refractivity contribution in [3.8, 4) is 0 Å². The van der Waals surface area contributed by atoms with Gasteiger partial charge < -0.3 is 0 Å². The molecule has 0 radical (unpaired) electrons. The molecule has 0 saturated heterocycles. The highest BCUT2D eigenvalue weighted by Gasteiger charge is 2.16. The molecule has 0 aliphatic rings. The van der Waals surface area contributed by atoms with Gasteiger partial charge in [-0.1, -0.05) is 20.4 Å². The normalized spacial score (nSPS) is 11.4. The Balaban J connectivity index is 4.36. The Hall–Kier alpha value is -0.840. The van der Waals surface area contributed by atoms with Crippen LogP contribution in [-0.2, 0) is 14.8 Å². The maximum atomic E-state index is 11.2. The van der Waals surface area contributed by atoms with E-state index in [4.69, 9.17) is 0 Å². The fourth-order valence-electron chi connectivity index (χ4n) is 0.709. The van der Waals surface area contributed by atoms with Gasteiger partial charge in [0.25, 0.3) is 5.91 Å². The smallest absolute Gasteiger partial charge is 0.259 e. The van der Waals surface area contributed by atoms with Gasteiger partial charge in [0.1, 0.15) is 0 Å². The van der Waals surface area contributed by atoms with E-state index in [-0.39, 0.29) is 17.2 Å². The molecule has 0 rings (SSSR count). The summed E-state index contributed by atoms with van der Waals surface area (Å²) in [4.78, 5) is 11.0. The lowest BCUT2D eigenvalue weighted by atomic mass is 10.3. The number of amides is 1. The van der Waals surface area contributed by atoms with E-state index in [1.165, 1.54) is 6.92 Å². The highest BCUT2D eigenvalue weighted by molar-refractivity contribution is 7.90. The zero-order chi connectivity index (χ0) is 10.6. The second kappa shape index (κ2) is 4.41. The largest absolute Gasteiger partial charge is 0.269 e. The van der Waals surface area contributed by atoms with E-state index >= 15 is 0 Å². The van der Waals surface area contributed by atoms with Crippen LogP contribution in [0.1, 0.15) is 20.8 Å². The van der Waals surface area contributed by atoms with Crippen LogP contribution in [0.25, 0.3) is 0 Å². The first kappa shape index (κ1) is 12.2. The molecule has 0 aliphatic heterocycles. The van der Waals surface area contributed by atoms with Crippen LogP contribution in [0.15, 0.2) is 12.2 Å². The van der Waals surface area contributed by atoms with Crippen molar-refractivity contribution in [2.24, 2.45) is 5.92 Å². The molecular formula is C8H15NO3S. The second-order valence-corrected chi connectivity index (χ2v) is 5.15. The minimum Gasteiger partial charge on any atom is -0.269 e. The standard InChI is InChI=1S/C8H15NO3S/c1-6(2)5-13(11,12)9-8(10)7(3)4/h6H,3,5H2,1-2,4H3,(H,9,10). The van der Waals surface area contributed by atoms with Crippen molar-refractivity contribution in [1.82, 2.24) is 4.72 Å². The molecule has 0 bridgehead atoms. The van der Waals surface area contributed by atoms with Crippen molar-refractivity contribution < 1.29 is 13.2 Å². The minimum atomic E-state index is -3.49. The summed E-state index contributed by atoms with van der Waals surface area (Å²) in [6, 6.07) is 0. The summed E-state index contributed by atoms with van der Waals surface area (Å²) in [6.45, 7) is 8.34. The van der Waals surface area contributed by atoms with Gasteiger partial charge in [-0.2, -0.15) is 0 Å². The van der Waals surface area contributed by atoms with Crippen LogP contribution in [0, 0.1) is 5.92 Å². The van der Waals surface area contributed by atoms with Gasteiger partial charge in [0.2, 0.25) is 10.0 Å². The van der Waals surface area contributed by atoms with Crippen LogP contribution in [0.3, 0.4) is 0 Å². The van der Waals surface area contributed by atoms with E-state index in [1.807, 2.05) is 4.72 Å². The highest BCUT2D eigenvalue weighted by atomic mass is 32.2. The molecule has 1 amide bonds. The quantitative estimate of drug-likeness (QED) is 0.686. The Kier molecular flexibility index (Phi) is 4.13. The molecule has 0 atom stereocenters. The van der Waals surface area contributed by atoms with Crippen LogP contribution in [0.4, 0.5) is 0 Å². The fourth-order valence-corrected chi connectivity index (χ4v) is 2.13. The van der Waals surface area contributed by atoms with Gasteiger partial charge >= 0.3 is 0 Å². The van der Waals surface area contributed by atoms with Gasteiger partial charge in [-0.15, -0.1) is 0 Å². The third kappa shape index (κ3) is 5.41. The van der Waals surface area contributed by atoms with Crippen LogP contribution in [0.2, 0.25) is 0 Å². The average molecular weight is 205 g/mol. The second-order valence-electron chi connectivity index (χ2n) is 3.39. The van der Waals surface area contributed by atoms with Crippen molar-refractivity contribution in [3.63, 3.8) is 0 Å². The number of nitrogens with one attached hydrogen (secondary N) is 1. The van der Waals surface area contributed by atoms with E-state index in [0.717, 1.165) is 0 Å². The SMILES string of the molecule is C=C(C)C(=O)NS(=O)(=O)CC(C)C. The number of hydrogen-bond donors (Lipinski definition) is 1. The van der Waals surface area contributed by atoms with Gasteiger partial charge in [0.05, 0.1) is 5.75 Å². The van der Waals surface area contributed by atoms with E-state index in [2.05, 4.69) is 6.58 Å². The Labute approximate surface area is 79.1 Å². The Morgan fingerprint density at radius 2 is 1.92 bits per heavy atom. The molecule has 5 heteroatoms. The summed E-state index contributed by atoms with van der Waals surface area (Å²) in [6.07, 6.45) is 0. The topological polar surface area (TPSA) is 63.2 Å². The van der Waals surface area contributed by atoms with E-state index in [9.17, 15) is 13.2 Å². The average Bonchev–Trinajstić information content (AvgIpc) is 1.81. The molecular weight excluding hydrogens is 190 g/mol. The molecule has 1 N–H and O–H groups in total. The van der Waals surface area contributed by atoms with Crippen LogP contribution in [0.5, 0.6) is 0 Å². The number of carbonyl (C=O) groups excluding carboxylic acids is 1. The van der Waals surface area contributed by atoms with E-state index in [0.29, 0.717) is 0 Å². The predicted molar refractivity (Wildman–Crippen MR) is 51.6 cm³/mol. The molecule has 0 aromatic carbocycles. The molecule has 0 spiro atoms. The van der Waals surface area contributed by atoms with Gasteiger partial charge in [0, 0.05) is 5.57 Å². The highest BCUT2D eigenvalue weighted by Crippen LogP contribution is 1.98. The predicted octanol–water partition coefficient (Wildman–Crippen LogP) is 0.664. The van der Waals surface area contributed by atoms with Gasteiger partial charge in [-0.3, -0.25) is 4.79 Å². The summed E-state index contributed by atoms with van der Waals surface area (Å²) >= 11 is 0. The van der Waals surface area contributed by atoms with Crippen molar-refractivity contribution in [3.05, 3.63) is 12.2 Å². The first-order valence-electron chi connectivity index (χ1n) is 3.95. The minimum absolute atomic E-state index is 0.00424. The van der Waals surface area contributed by atoms with Gasteiger partial charge in [0.15, 0.2) is 0 Å². The van der Waals surface area contributed by atoms with Crippen molar-refractivity contribution >= 4 is 15.9 Å². The summed E-state index contributed by atoms with van der Waals surface area (Å²) in [7, 11) is -3.49. The summed E-state index contributed by atoms with van der Waals surface area (Å²) < 4.78 is 24.3. The van der Waals surface area contributed by atoms with Crippen molar-refractivity contribution in [2.75, 3.05) is 5.75 Å². The zero-order valence-electron chi connectivity index (χ0n) is 8.12. The molecule has 0 unspecified atom stereocenters. The van der Waals surface area contributed by atoms with E-state index in [1.54, 1.807) is 13.8 Å². The number of carbonyl (C=O) groups is 1. The number of rotatable bonds is 4. The van der Waals surface area contributed by atoms with Crippen LogP contribution in [-0.4, -0.2) is 20.1 Å². The molecule has 0 fully saturated rings.